The predicted octanol–water partition coefficient (Wildman–Crippen LogP) is 4.73. The first kappa shape index (κ1) is 24.2. The van der Waals surface area contributed by atoms with Crippen LogP contribution in [0.5, 0.6) is 0 Å². The van der Waals surface area contributed by atoms with Crippen molar-refractivity contribution in [2.24, 2.45) is 0 Å². The second kappa shape index (κ2) is 11.5. The molecule has 2 aromatic carbocycles. The van der Waals surface area contributed by atoms with E-state index in [0.29, 0.717) is 35.1 Å². The molecular weight excluding hydrogens is 466 g/mol. The molecule has 0 atom stereocenters. The van der Waals surface area contributed by atoms with Crippen molar-refractivity contribution < 1.29 is 9.53 Å². The van der Waals surface area contributed by atoms with Crippen LogP contribution in [0.25, 0.3) is 20.7 Å². The molecule has 0 saturated heterocycles. The highest BCUT2D eigenvalue weighted by Gasteiger charge is 2.17. The molecule has 1 N–H and O–H groups in total. The van der Waals surface area contributed by atoms with E-state index < -0.39 is 0 Å². The number of ether oxygens (including phenoxy) is 1. The minimum atomic E-state index is -0.0904. The van der Waals surface area contributed by atoms with Gasteiger partial charge in [-0.15, -0.1) is 11.3 Å². The number of aromatic nitrogens is 2. The molecule has 0 unspecified atom stereocenters. The van der Waals surface area contributed by atoms with Gasteiger partial charge in [0.1, 0.15) is 4.70 Å². The third-order valence-electron chi connectivity index (χ3n) is 5.30. The number of amides is 1. The van der Waals surface area contributed by atoms with E-state index in [1.807, 2.05) is 36.4 Å². The summed E-state index contributed by atoms with van der Waals surface area (Å²) in [5, 5.41) is 3.43. The monoisotopic (exact) mass is 493 g/mol. The van der Waals surface area contributed by atoms with Crippen LogP contribution in [0.2, 0.25) is 0 Å². The Morgan fingerprint density at radius 1 is 1.15 bits per heavy atom. The van der Waals surface area contributed by atoms with Gasteiger partial charge in [0.25, 0.3) is 5.56 Å². The van der Waals surface area contributed by atoms with Crippen LogP contribution in [0.4, 0.5) is 0 Å². The van der Waals surface area contributed by atoms with Crippen LogP contribution >= 0.6 is 23.1 Å². The van der Waals surface area contributed by atoms with Crippen LogP contribution < -0.4 is 10.9 Å². The van der Waals surface area contributed by atoms with E-state index in [2.05, 4.69) is 36.5 Å². The molecule has 6 nitrogen and oxygen atoms in total. The van der Waals surface area contributed by atoms with Crippen molar-refractivity contribution in [1.82, 2.24) is 14.9 Å². The van der Waals surface area contributed by atoms with E-state index in [1.165, 1.54) is 28.7 Å². The van der Waals surface area contributed by atoms with E-state index in [0.717, 1.165) is 22.4 Å². The van der Waals surface area contributed by atoms with Gasteiger partial charge >= 0.3 is 0 Å². The Balaban J connectivity index is 1.65. The average Bonchev–Trinajstić information content (AvgIpc) is 3.28. The standard InChI is InChI=1S/C26H27N3O3S2/c1-18-9-11-20(12-10-18)22-15-21-24(34-22)25(31)29(16-19-7-4-3-5-8-19)26(28-21)33-17-23(30)27-13-6-14-32-2/h3-5,7-12,15H,6,13-14,16-17H2,1-2H3,(H,27,30). The van der Waals surface area contributed by atoms with Gasteiger partial charge in [-0.05, 0) is 30.5 Å². The molecule has 2 aromatic heterocycles. The number of nitrogens with zero attached hydrogens (tertiary/aromatic N) is 2. The fraction of sp³-hybridized carbons (Fsp3) is 0.269. The maximum absolute atomic E-state index is 13.5. The minimum absolute atomic E-state index is 0.0831. The lowest BCUT2D eigenvalue weighted by molar-refractivity contribution is -0.118. The second-order valence-electron chi connectivity index (χ2n) is 7.95. The number of nitrogens with one attached hydrogen (secondary N) is 1. The first-order valence-corrected chi connectivity index (χ1v) is 12.9. The van der Waals surface area contributed by atoms with E-state index in [4.69, 9.17) is 9.72 Å². The third-order valence-corrected chi connectivity index (χ3v) is 7.44. The highest BCUT2D eigenvalue weighted by atomic mass is 32.2. The lowest BCUT2D eigenvalue weighted by Gasteiger charge is -2.12. The number of hydrogen-bond acceptors (Lipinski definition) is 6. The molecule has 8 heteroatoms. The first-order chi connectivity index (χ1) is 16.5. The molecular formula is C26H27N3O3S2. The summed E-state index contributed by atoms with van der Waals surface area (Å²) in [6, 6.07) is 20.0. The van der Waals surface area contributed by atoms with Gasteiger partial charge in [0, 0.05) is 25.1 Å². The predicted molar refractivity (Wildman–Crippen MR) is 140 cm³/mol. The number of thiophene rings is 1. The van der Waals surface area contributed by atoms with Gasteiger partial charge in [-0.25, -0.2) is 4.98 Å². The largest absolute Gasteiger partial charge is 0.385 e. The quantitative estimate of drug-likeness (QED) is 0.196. The zero-order valence-electron chi connectivity index (χ0n) is 19.2. The van der Waals surface area contributed by atoms with Crippen molar-refractivity contribution in [3.05, 3.63) is 82.1 Å². The van der Waals surface area contributed by atoms with Crippen molar-refractivity contribution in [3.63, 3.8) is 0 Å². The van der Waals surface area contributed by atoms with Crippen molar-refractivity contribution in [2.75, 3.05) is 26.0 Å². The zero-order valence-corrected chi connectivity index (χ0v) is 20.9. The number of fused-ring (bicyclic) bond motifs is 1. The average molecular weight is 494 g/mol. The summed E-state index contributed by atoms with van der Waals surface area (Å²) >= 11 is 2.75. The van der Waals surface area contributed by atoms with Crippen LogP contribution in [0, 0.1) is 6.92 Å². The Hall–Kier alpha value is -2.94. The Morgan fingerprint density at radius 3 is 2.65 bits per heavy atom. The Bertz CT molecular complexity index is 1320. The maximum atomic E-state index is 13.5. The third kappa shape index (κ3) is 5.94. The van der Waals surface area contributed by atoms with Crippen molar-refractivity contribution in [3.8, 4) is 10.4 Å². The molecule has 0 aliphatic heterocycles. The summed E-state index contributed by atoms with van der Waals surface area (Å²) in [6.45, 7) is 3.61. The van der Waals surface area contributed by atoms with Gasteiger partial charge in [-0.1, -0.05) is 71.9 Å². The normalized spacial score (nSPS) is 11.1. The number of rotatable bonds is 10. The van der Waals surface area contributed by atoms with Gasteiger partial charge in [-0.3, -0.25) is 14.2 Å². The molecule has 0 aliphatic carbocycles. The molecule has 0 spiro atoms. The van der Waals surface area contributed by atoms with Gasteiger partial charge < -0.3 is 10.1 Å². The smallest absolute Gasteiger partial charge is 0.272 e. The zero-order chi connectivity index (χ0) is 23.9. The van der Waals surface area contributed by atoms with Gasteiger partial charge in [0.05, 0.1) is 17.8 Å². The van der Waals surface area contributed by atoms with Gasteiger partial charge in [-0.2, -0.15) is 0 Å². The molecule has 34 heavy (non-hydrogen) atoms. The summed E-state index contributed by atoms with van der Waals surface area (Å²) in [6.07, 6.45) is 0.756. The number of methoxy groups -OCH3 is 1. The molecule has 4 rings (SSSR count). The van der Waals surface area contributed by atoms with Crippen LogP contribution in [0.15, 0.2) is 70.6 Å². The van der Waals surface area contributed by atoms with Crippen LogP contribution in [-0.2, 0) is 16.1 Å². The van der Waals surface area contributed by atoms with E-state index in [1.54, 1.807) is 11.7 Å². The lowest BCUT2D eigenvalue weighted by Crippen LogP contribution is -2.28. The maximum Gasteiger partial charge on any atom is 0.272 e. The fourth-order valence-corrected chi connectivity index (χ4v) is 5.37. The summed E-state index contributed by atoms with van der Waals surface area (Å²) < 4.78 is 7.32. The number of carbonyl (C=O) groups excluding carboxylic acids is 1. The lowest BCUT2D eigenvalue weighted by atomic mass is 10.1. The number of carbonyl (C=O) groups is 1. The number of aryl methyl sites for hydroxylation is 1. The second-order valence-corrected chi connectivity index (χ2v) is 9.94. The summed E-state index contributed by atoms with van der Waals surface area (Å²) in [5.74, 6) is 0.0988. The van der Waals surface area contributed by atoms with E-state index in [9.17, 15) is 9.59 Å². The van der Waals surface area contributed by atoms with E-state index >= 15 is 0 Å². The molecule has 0 aliphatic rings. The molecule has 0 bridgehead atoms. The first-order valence-electron chi connectivity index (χ1n) is 11.1. The molecule has 0 saturated carbocycles. The van der Waals surface area contributed by atoms with Crippen molar-refractivity contribution in [2.45, 2.75) is 25.0 Å². The number of benzene rings is 2. The topological polar surface area (TPSA) is 73.2 Å². The molecule has 176 valence electrons. The summed E-state index contributed by atoms with van der Waals surface area (Å²) in [4.78, 5) is 31.7. The highest BCUT2D eigenvalue weighted by Crippen LogP contribution is 2.32. The highest BCUT2D eigenvalue weighted by molar-refractivity contribution is 7.99. The molecule has 2 heterocycles. The fourth-order valence-electron chi connectivity index (χ4n) is 3.49. The Morgan fingerprint density at radius 2 is 1.91 bits per heavy atom. The number of thioether (sulfide) groups is 1. The Kier molecular flexibility index (Phi) is 8.16. The van der Waals surface area contributed by atoms with Crippen LogP contribution in [0.3, 0.4) is 0 Å². The molecule has 0 radical (unpaired) electrons. The van der Waals surface area contributed by atoms with Crippen molar-refractivity contribution in [1.29, 1.82) is 0 Å². The Labute approximate surface area is 207 Å². The van der Waals surface area contributed by atoms with Gasteiger partial charge in [0.2, 0.25) is 5.91 Å². The molecule has 0 fully saturated rings. The van der Waals surface area contributed by atoms with Crippen molar-refractivity contribution >= 4 is 39.2 Å². The molecule has 1 amide bonds. The van der Waals surface area contributed by atoms with E-state index in [-0.39, 0.29) is 17.2 Å². The van der Waals surface area contributed by atoms with Gasteiger partial charge in [0.15, 0.2) is 5.16 Å². The molecule has 4 aromatic rings. The number of hydrogen-bond donors (Lipinski definition) is 1. The summed E-state index contributed by atoms with van der Waals surface area (Å²) in [5.41, 5.74) is 3.84. The summed E-state index contributed by atoms with van der Waals surface area (Å²) in [7, 11) is 1.64. The van der Waals surface area contributed by atoms with Crippen LogP contribution in [-0.4, -0.2) is 41.5 Å². The minimum Gasteiger partial charge on any atom is -0.385 e. The SMILES string of the molecule is COCCCNC(=O)CSc1nc2cc(-c3ccc(C)cc3)sc2c(=O)n1Cc1ccccc1. The van der Waals surface area contributed by atoms with Crippen LogP contribution in [0.1, 0.15) is 17.5 Å².